The number of pyridine rings is 1. The lowest BCUT2D eigenvalue weighted by atomic mass is 10.1. The molecule has 9 heteroatoms. The first-order chi connectivity index (χ1) is 13.1. The molecular formula is C18H18N8O. The van der Waals surface area contributed by atoms with Gasteiger partial charge in [0.05, 0.1) is 17.5 Å². The summed E-state index contributed by atoms with van der Waals surface area (Å²) < 4.78 is 1.69. The lowest BCUT2D eigenvalue weighted by Gasteiger charge is -2.10. The Hall–Kier alpha value is -3.62. The number of carbonyl (C=O) groups excluding carboxylic acids is 1. The number of aromatic nitrogens is 7. The molecule has 0 saturated heterocycles. The van der Waals surface area contributed by atoms with Gasteiger partial charge in [-0.3, -0.25) is 14.9 Å². The van der Waals surface area contributed by atoms with Crippen molar-refractivity contribution in [2.45, 2.75) is 26.7 Å². The third kappa shape index (κ3) is 3.26. The largest absolute Gasteiger partial charge is 0.311 e. The van der Waals surface area contributed by atoms with Gasteiger partial charge in [-0.15, -0.1) is 0 Å². The molecule has 0 aliphatic rings. The third-order valence-electron chi connectivity index (χ3n) is 4.44. The summed E-state index contributed by atoms with van der Waals surface area (Å²) >= 11 is 0. The Balaban J connectivity index is 1.48. The van der Waals surface area contributed by atoms with Crippen molar-refractivity contribution < 1.29 is 4.79 Å². The number of fused-ring (bicyclic) bond motifs is 1. The van der Waals surface area contributed by atoms with E-state index in [1.165, 1.54) is 6.33 Å². The van der Waals surface area contributed by atoms with Gasteiger partial charge in [0.25, 0.3) is 5.78 Å². The zero-order valence-corrected chi connectivity index (χ0v) is 15.0. The van der Waals surface area contributed by atoms with Crippen molar-refractivity contribution in [3.05, 3.63) is 53.9 Å². The summed E-state index contributed by atoms with van der Waals surface area (Å²) in [5, 5.41) is 13.9. The van der Waals surface area contributed by atoms with Crippen molar-refractivity contribution in [3.63, 3.8) is 0 Å². The highest BCUT2D eigenvalue weighted by molar-refractivity contribution is 5.93. The number of rotatable bonds is 5. The van der Waals surface area contributed by atoms with Gasteiger partial charge in [0.2, 0.25) is 5.91 Å². The predicted octanol–water partition coefficient (Wildman–Crippen LogP) is 2.10. The van der Waals surface area contributed by atoms with E-state index in [1.807, 2.05) is 32.0 Å². The van der Waals surface area contributed by atoms with Crippen molar-refractivity contribution in [2.24, 2.45) is 0 Å². The zero-order chi connectivity index (χ0) is 18.8. The minimum Gasteiger partial charge on any atom is -0.311 e. The lowest BCUT2D eigenvalue weighted by Crippen LogP contribution is -2.15. The van der Waals surface area contributed by atoms with Crippen LogP contribution in [0.15, 0.2) is 36.9 Å². The summed E-state index contributed by atoms with van der Waals surface area (Å²) in [5.41, 5.74) is 4.30. The van der Waals surface area contributed by atoms with Crippen molar-refractivity contribution in [1.82, 2.24) is 34.8 Å². The molecule has 0 atom stereocenters. The van der Waals surface area contributed by atoms with Crippen molar-refractivity contribution in [2.75, 3.05) is 5.32 Å². The Morgan fingerprint density at radius 3 is 2.96 bits per heavy atom. The van der Waals surface area contributed by atoms with Gasteiger partial charge in [0.1, 0.15) is 12.1 Å². The molecule has 0 fully saturated rings. The topological polar surface area (TPSA) is 114 Å². The number of nitrogens with zero attached hydrogens (tertiary/aromatic N) is 6. The number of carbonyl (C=O) groups is 1. The maximum Gasteiger partial charge on any atom is 0.252 e. The van der Waals surface area contributed by atoms with E-state index in [1.54, 1.807) is 16.9 Å². The molecule has 0 saturated carbocycles. The molecule has 136 valence electrons. The second kappa shape index (κ2) is 6.94. The molecule has 9 nitrogen and oxygen atoms in total. The van der Waals surface area contributed by atoms with Gasteiger partial charge in [-0.2, -0.15) is 15.2 Å². The van der Waals surface area contributed by atoms with E-state index in [4.69, 9.17) is 0 Å². The number of H-pyrrole nitrogens is 1. The van der Waals surface area contributed by atoms with Crippen LogP contribution < -0.4 is 5.32 Å². The average Bonchev–Trinajstić information content (AvgIpc) is 3.31. The van der Waals surface area contributed by atoms with E-state index in [2.05, 4.69) is 35.6 Å². The average molecular weight is 362 g/mol. The Bertz CT molecular complexity index is 1100. The summed E-state index contributed by atoms with van der Waals surface area (Å²) in [7, 11) is 0. The normalized spacial score (nSPS) is 11.0. The van der Waals surface area contributed by atoms with E-state index in [9.17, 15) is 4.79 Å². The summed E-state index contributed by atoms with van der Waals surface area (Å²) in [6, 6.07) is 5.60. The molecule has 4 rings (SSSR count). The highest BCUT2D eigenvalue weighted by atomic mass is 16.1. The second-order valence-electron chi connectivity index (χ2n) is 6.15. The van der Waals surface area contributed by atoms with Crippen molar-refractivity contribution in [1.29, 1.82) is 0 Å². The standard InChI is InChI=1S/C18H18N8O/c1-11-13(12(2)26-18(23-11)20-10-22-26)6-7-16(27)24-17-14(9-21-25-17)15-5-3-4-8-19-15/h3-5,8-10H,6-7H2,1-2H3,(H2,21,24,25,27). The van der Waals surface area contributed by atoms with Crippen LogP contribution in [-0.2, 0) is 11.2 Å². The number of anilines is 1. The lowest BCUT2D eigenvalue weighted by molar-refractivity contribution is -0.116. The molecule has 27 heavy (non-hydrogen) atoms. The van der Waals surface area contributed by atoms with Gasteiger partial charge in [0, 0.05) is 24.0 Å². The summed E-state index contributed by atoms with van der Waals surface area (Å²) in [4.78, 5) is 25.3. The van der Waals surface area contributed by atoms with Crippen LogP contribution in [0.25, 0.3) is 17.0 Å². The van der Waals surface area contributed by atoms with Gasteiger partial charge in [-0.25, -0.2) is 9.50 Å². The summed E-state index contributed by atoms with van der Waals surface area (Å²) in [6.07, 6.45) is 5.69. The fourth-order valence-electron chi connectivity index (χ4n) is 3.06. The van der Waals surface area contributed by atoms with Crippen molar-refractivity contribution in [3.8, 4) is 11.3 Å². The number of aryl methyl sites for hydroxylation is 2. The Labute approximate surface area is 154 Å². The minimum atomic E-state index is -0.117. The highest BCUT2D eigenvalue weighted by Crippen LogP contribution is 2.23. The zero-order valence-electron chi connectivity index (χ0n) is 15.0. The molecule has 2 N–H and O–H groups in total. The predicted molar refractivity (Wildman–Crippen MR) is 99.0 cm³/mol. The molecule has 0 aliphatic heterocycles. The third-order valence-corrected chi connectivity index (χ3v) is 4.44. The van der Waals surface area contributed by atoms with Gasteiger partial charge < -0.3 is 5.32 Å². The minimum absolute atomic E-state index is 0.117. The number of aromatic amines is 1. The molecular weight excluding hydrogens is 344 g/mol. The number of nitrogens with one attached hydrogen (secondary N) is 2. The quantitative estimate of drug-likeness (QED) is 0.562. The number of hydrogen-bond acceptors (Lipinski definition) is 6. The van der Waals surface area contributed by atoms with Gasteiger partial charge in [0.15, 0.2) is 0 Å². The monoisotopic (exact) mass is 362 g/mol. The van der Waals surface area contributed by atoms with Crippen LogP contribution >= 0.6 is 0 Å². The van der Waals surface area contributed by atoms with Crippen LogP contribution in [0, 0.1) is 13.8 Å². The highest BCUT2D eigenvalue weighted by Gasteiger charge is 2.15. The first kappa shape index (κ1) is 16.8. The van der Waals surface area contributed by atoms with Gasteiger partial charge in [-0.05, 0) is 38.0 Å². The second-order valence-corrected chi connectivity index (χ2v) is 6.15. The van der Waals surface area contributed by atoms with E-state index >= 15 is 0 Å². The Morgan fingerprint density at radius 1 is 1.26 bits per heavy atom. The molecule has 1 amide bonds. The molecule has 0 bridgehead atoms. The van der Waals surface area contributed by atoms with E-state index < -0.39 is 0 Å². The maximum atomic E-state index is 12.5. The summed E-state index contributed by atoms with van der Waals surface area (Å²) in [5.74, 6) is 0.988. The Morgan fingerprint density at radius 2 is 2.15 bits per heavy atom. The van der Waals surface area contributed by atoms with E-state index in [-0.39, 0.29) is 5.91 Å². The van der Waals surface area contributed by atoms with Crippen LogP contribution in [0.4, 0.5) is 5.82 Å². The van der Waals surface area contributed by atoms with Crippen LogP contribution in [0.5, 0.6) is 0 Å². The fraction of sp³-hybridized carbons (Fsp3) is 0.222. The van der Waals surface area contributed by atoms with E-state index in [0.717, 1.165) is 28.2 Å². The molecule has 0 aliphatic carbocycles. The maximum absolute atomic E-state index is 12.5. The molecule has 4 heterocycles. The number of hydrogen-bond donors (Lipinski definition) is 2. The van der Waals surface area contributed by atoms with Gasteiger partial charge >= 0.3 is 0 Å². The van der Waals surface area contributed by atoms with Gasteiger partial charge in [-0.1, -0.05) is 6.07 Å². The summed E-state index contributed by atoms with van der Waals surface area (Å²) in [6.45, 7) is 3.88. The molecule has 4 aromatic heterocycles. The Kier molecular flexibility index (Phi) is 4.33. The van der Waals surface area contributed by atoms with Crippen LogP contribution in [-0.4, -0.2) is 40.7 Å². The molecule has 0 spiro atoms. The fourth-order valence-corrected chi connectivity index (χ4v) is 3.06. The molecule has 4 aromatic rings. The molecule has 0 aromatic carbocycles. The van der Waals surface area contributed by atoms with Crippen LogP contribution in [0.2, 0.25) is 0 Å². The van der Waals surface area contributed by atoms with E-state index in [0.29, 0.717) is 24.4 Å². The van der Waals surface area contributed by atoms with Crippen molar-refractivity contribution >= 4 is 17.5 Å². The van der Waals surface area contributed by atoms with Crippen LogP contribution in [0.1, 0.15) is 23.4 Å². The first-order valence-electron chi connectivity index (χ1n) is 8.54. The number of amides is 1. The SMILES string of the molecule is Cc1nc2ncnn2c(C)c1CCC(=O)Nc1[nH]ncc1-c1ccccn1. The molecule has 0 radical (unpaired) electrons. The van der Waals surface area contributed by atoms with Crippen LogP contribution in [0.3, 0.4) is 0 Å². The first-order valence-corrected chi connectivity index (χ1v) is 8.54. The molecule has 0 unspecified atom stereocenters. The smallest absolute Gasteiger partial charge is 0.252 e.